The van der Waals surface area contributed by atoms with Crippen LogP contribution in [0.1, 0.15) is 55.6 Å². The molecule has 0 amide bonds. The number of carbonyl (C=O) groups excluding carboxylic acids is 3. The Hall–Kier alpha value is -3.38. The lowest BCUT2D eigenvalue weighted by molar-refractivity contribution is -0.305. The number of allylic oxidation sites excluding steroid dienone is 4. The van der Waals surface area contributed by atoms with Gasteiger partial charge in [0.1, 0.15) is 12.4 Å². The third kappa shape index (κ3) is 4.50. The molecule has 5 rings (SSSR count). The number of hydrogen-bond donors (Lipinski definition) is 0. The second-order valence-electron chi connectivity index (χ2n) is 9.12. The summed E-state index contributed by atoms with van der Waals surface area (Å²) in [4.78, 5) is 39.9. The first-order valence-corrected chi connectivity index (χ1v) is 12.3. The molecule has 0 saturated heterocycles. The van der Waals surface area contributed by atoms with Gasteiger partial charge < -0.3 is 19.5 Å². The third-order valence-electron chi connectivity index (χ3n) is 6.91. The Kier molecular flexibility index (Phi) is 6.48. The summed E-state index contributed by atoms with van der Waals surface area (Å²) >= 11 is 6.00. The number of carboxylic acids is 1. The van der Waals surface area contributed by atoms with Crippen LogP contribution in [0.15, 0.2) is 71.1 Å². The zero-order valence-corrected chi connectivity index (χ0v) is 20.0. The summed E-state index contributed by atoms with van der Waals surface area (Å²) in [7, 11) is 0. The molecule has 0 atom stereocenters. The second-order valence-corrected chi connectivity index (χ2v) is 9.55. The van der Waals surface area contributed by atoms with E-state index < -0.39 is 11.9 Å². The standard InChI is InChI=1S/C28H26ClNO5/c29-18-13-11-17(12-14-18)16-35-24-10-2-1-5-19(24)26-27-20(6-3-8-22(27)31)30(15-25(33)34)21-7-4-9-23(32)28(21)26/h1-2,5,10-14,26H,3-4,6-9,15-16H2,(H,33,34)/p-1. The number of rotatable bonds is 6. The quantitative estimate of drug-likeness (QED) is 0.606. The van der Waals surface area contributed by atoms with Crippen molar-refractivity contribution >= 4 is 29.1 Å². The van der Waals surface area contributed by atoms with E-state index in [4.69, 9.17) is 16.3 Å². The fourth-order valence-corrected chi connectivity index (χ4v) is 5.57. The van der Waals surface area contributed by atoms with Crippen LogP contribution in [0.3, 0.4) is 0 Å². The van der Waals surface area contributed by atoms with E-state index in [9.17, 15) is 19.5 Å². The van der Waals surface area contributed by atoms with E-state index in [1.165, 1.54) is 0 Å². The Morgan fingerprint density at radius 2 is 1.51 bits per heavy atom. The lowest BCUT2D eigenvalue weighted by Crippen LogP contribution is -2.44. The number of halogens is 1. The molecular weight excluding hydrogens is 466 g/mol. The summed E-state index contributed by atoms with van der Waals surface area (Å²) in [6.45, 7) is -0.0585. The Morgan fingerprint density at radius 3 is 2.11 bits per heavy atom. The van der Waals surface area contributed by atoms with E-state index in [-0.39, 0.29) is 18.1 Å². The molecule has 2 aliphatic carbocycles. The van der Waals surface area contributed by atoms with E-state index in [1.807, 2.05) is 36.4 Å². The molecule has 3 aliphatic rings. The van der Waals surface area contributed by atoms with Crippen LogP contribution >= 0.6 is 11.6 Å². The Morgan fingerprint density at radius 1 is 0.914 bits per heavy atom. The van der Waals surface area contributed by atoms with Crippen LogP contribution in [-0.4, -0.2) is 29.0 Å². The van der Waals surface area contributed by atoms with Gasteiger partial charge in [-0.2, -0.15) is 0 Å². The lowest BCUT2D eigenvalue weighted by Gasteiger charge is -2.44. The molecule has 1 aliphatic heterocycles. The number of carboxylic acid groups (broad SMARTS) is 1. The number of hydrogen-bond acceptors (Lipinski definition) is 6. The largest absolute Gasteiger partial charge is 0.548 e. The van der Waals surface area contributed by atoms with Gasteiger partial charge in [0.15, 0.2) is 11.6 Å². The normalized spacial score (nSPS) is 18.5. The molecule has 35 heavy (non-hydrogen) atoms. The third-order valence-corrected chi connectivity index (χ3v) is 7.16. The van der Waals surface area contributed by atoms with Gasteiger partial charge in [-0.25, -0.2) is 0 Å². The van der Waals surface area contributed by atoms with Gasteiger partial charge in [0.25, 0.3) is 0 Å². The molecule has 2 aromatic rings. The highest BCUT2D eigenvalue weighted by atomic mass is 35.5. The molecule has 6 nitrogen and oxygen atoms in total. The summed E-state index contributed by atoms with van der Waals surface area (Å²) in [5, 5.41) is 12.3. The molecule has 0 saturated carbocycles. The van der Waals surface area contributed by atoms with Gasteiger partial charge in [0, 0.05) is 51.9 Å². The molecule has 1 heterocycles. The maximum Gasteiger partial charge on any atom is 0.161 e. The predicted octanol–water partition coefficient (Wildman–Crippen LogP) is 4.08. The Labute approximate surface area is 208 Å². The fourth-order valence-electron chi connectivity index (χ4n) is 5.44. The number of aliphatic carboxylic acids is 1. The van der Waals surface area contributed by atoms with Crippen LogP contribution in [0.5, 0.6) is 5.75 Å². The van der Waals surface area contributed by atoms with E-state index >= 15 is 0 Å². The number of para-hydroxylation sites is 1. The molecule has 7 heteroatoms. The predicted molar refractivity (Wildman–Crippen MR) is 128 cm³/mol. The molecule has 0 aromatic heterocycles. The number of nitrogens with zero attached hydrogens (tertiary/aromatic N) is 1. The van der Waals surface area contributed by atoms with Crippen molar-refractivity contribution in [3.05, 3.63) is 87.2 Å². The number of benzene rings is 2. The topological polar surface area (TPSA) is 86.7 Å². The van der Waals surface area contributed by atoms with E-state index in [0.717, 1.165) is 11.1 Å². The summed E-state index contributed by atoms with van der Waals surface area (Å²) in [5.74, 6) is -1.30. The van der Waals surface area contributed by atoms with Crippen molar-refractivity contribution < 1.29 is 24.2 Å². The van der Waals surface area contributed by atoms with Gasteiger partial charge in [0.2, 0.25) is 0 Å². The minimum Gasteiger partial charge on any atom is -0.548 e. The molecular formula is C28H25ClNO5-. The average molecular weight is 491 g/mol. The fraction of sp³-hybridized carbons (Fsp3) is 0.321. The molecule has 0 fully saturated rings. The maximum atomic E-state index is 13.3. The highest BCUT2D eigenvalue weighted by Crippen LogP contribution is 2.50. The number of Topliss-reactive ketones (excluding diaryl/α,β-unsaturated/α-hetero) is 2. The maximum absolute atomic E-state index is 13.3. The molecule has 180 valence electrons. The number of ketones is 2. The lowest BCUT2D eigenvalue weighted by atomic mass is 9.70. The van der Waals surface area contributed by atoms with Crippen molar-refractivity contribution in [3.63, 3.8) is 0 Å². The number of ether oxygens (including phenoxy) is 1. The second kappa shape index (κ2) is 9.70. The van der Waals surface area contributed by atoms with Crippen LogP contribution in [0.2, 0.25) is 5.02 Å². The van der Waals surface area contributed by atoms with Crippen molar-refractivity contribution in [2.45, 2.75) is 51.0 Å². The molecule has 0 spiro atoms. The van der Waals surface area contributed by atoms with E-state index in [0.29, 0.717) is 78.4 Å². The first kappa shape index (κ1) is 23.4. The summed E-state index contributed by atoms with van der Waals surface area (Å²) in [6, 6.07) is 14.9. The smallest absolute Gasteiger partial charge is 0.161 e. The highest BCUT2D eigenvalue weighted by molar-refractivity contribution is 6.30. The Bertz CT molecular complexity index is 1220. The summed E-state index contributed by atoms with van der Waals surface area (Å²) in [5.41, 5.74) is 4.14. The van der Waals surface area contributed by atoms with Gasteiger partial charge in [-0.05, 0) is 49.4 Å². The minimum absolute atomic E-state index is 0.0444. The van der Waals surface area contributed by atoms with E-state index in [2.05, 4.69) is 0 Å². The minimum atomic E-state index is -1.23. The summed E-state index contributed by atoms with van der Waals surface area (Å²) < 4.78 is 6.21. The molecule has 0 N–H and O–H groups in total. The van der Waals surface area contributed by atoms with Gasteiger partial charge in [-0.1, -0.05) is 41.9 Å². The van der Waals surface area contributed by atoms with Gasteiger partial charge in [-0.15, -0.1) is 0 Å². The van der Waals surface area contributed by atoms with Gasteiger partial charge in [-0.3, -0.25) is 9.59 Å². The number of carbonyl (C=O) groups is 3. The van der Waals surface area contributed by atoms with Crippen molar-refractivity contribution in [2.24, 2.45) is 0 Å². The SMILES string of the molecule is O=C([O-])CN1C2=C(C(=O)CCC2)C(c2ccccc2OCc2ccc(Cl)cc2)C2=C1CCCC2=O. The molecule has 2 aromatic carbocycles. The zero-order chi connectivity index (χ0) is 24.5. The first-order valence-electron chi connectivity index (χ1n) is 11.9. The average Bonchev–Trinajstić information content (AvgIpc) is 2.84. The van der Waals surface area contributed by atoms with Crippen molar-refractivity contribution in [2.75, 3.05) is 6.54 Å². The van der Waals surface area contributed by atoms with Crippen molar-refractivity contribution in [1.29, 1.82) is 0 Å². The Balaban J connectivity index is 1.62. The summed E-state index contributed by atoms with van der Waals surface area (Å²) in [6.07, 6.45) is 3.23. The monoisotopic (exact) mass is 490 g/mol. The van der Waals surface area contributed by atoms with Gasteiger partial charge >= 0.3 is 0 Å². The van der Waals surface area contributed by atoms with Crippen LogP contribution < -0.4 is 9.84 Å². The highest BCUT2D eigenvalue weighted by Gasteiger charge is 2.44. The van der Waals surface area contributed by atoms with Crippen molar-refractivity contribution in [3.8, 4) is 5.75 Å². The molecule has 0 bridgehead atoms. The van der Waals surface area contributed by atoms with Crippen molar-refractivity contribution in [1.82, 2.24) is 4.90 Å². The van der Waals surface area contributed by atoms with Crippen LogP contribution in [0, 0.1) is 0 Å². The van der Waals surface area contributed by atoms with Crippen LogP contribution in [0.25, 0.3) is 0 Å². The zero-order valence-electron chi connectivity index (χ0n) is 19.2. The van der Waals surface area contributed by atoms with Crippen LogP contribution in [0.4, 0.5) is 0 Å². The molecule has 0 radical (unpaired) electrons. The van der Waals surface area contributed by atoms with Gasteiger partial charge in [0.05, 0.1) is 12.5 Å². The van der Waals surface area contributed by atoms with Crippen LogP contribution in [-0.2, 0) is 21.0 Å². The molecule has 0 unspecified atom stereocenters. The first-order chi connectivity index (χ1) is 16.9. The van der Waals surface area contributed by atoms with E-state index in [1.54, 1.807) is 17.0 Å².